The van der Waals surface area contributed by atoms with E-state index in [1.54, 1.807) is 22.5 Å². The van der Waals surface area contributed by atoms with E-state index in [-0.39, 0.29) is 0 Å². The first-order valence-electron chi connectivity index (χ1n) is 8.15. The Bertz CT molecular complexity index is 743. The highest BCUT2D eigenvalue weighted by Gasteiger charge is 2.35. The van der Waals surface area contributed by atoms with Crippen molar-refractivity contribution in [1.82, 2.24) is 4.90 Å². The lowest BCUT2D eigenvalue weighted by atomic mass is 9.79. The second-order valence-electron chi connectivity index (χ2n) is 7.13. The number of rotatable bonds is 3. The van der Waals surface area contributed by atoms with Crippen molar-refractivity contribution >= 4 is 38.6 Å². The number of benzene rings is 1. The fourth-order valence-electron chi connectivity index (χ4n) is 4.41. The number of halogens is 1. The average Bonchev–Trinajstić information content (AvgIpc) is 3.03. The maximum atomic E-state index is 6.37. The zero-order chi connectivity index (χ0) is 15.3. The van der Waals surface area contributed by atoms with Crippen molar-refractivity contribution in [2.45, 2.75) is 25.7 Å². The Balaban J connectivity index is 1.84. The highest BCUT2D eigenvalue weighted by molar-refractivity contribution is 7.17. The standard InChI is InChI=1S/C19H22ClNS/c1-21(2)10-15-8-12-3-4-13(7-12)19(15)14-5-6-18-16(9-14)17(20)11-22-18/h5-6,9,11-13H,3-4,7-8,10H2,1-2H3/t12-,13-/m1/s1. The normalized spacial score (nSPS) is 24.7. The van der Waals surface area contributed by atoms with Gasteiger partial charge in [0.05, 0.1) is 5.02 Å². The first-order chi connectivity index (χ1) is 10.6. The van der Waals surface area contributed by atoms with Gasteiger partial charge in [0.1, 0.15) is 0 Å². The molecular formula is C19H22ClNS. The molecular weight excluding hydrogens is 310 g/mol. The van der Waals surface area contributed by atoms with Gasteiger partial charge in [0.15, 0.2) is 0 Å². The molecule has 0 unspecified atom stereocenters. The largest absolute Gasteiger partial charge is 0.305 e. The predicted molar refractivity (Wildman–Crippen MR) is 97.8 cm³/mol. The van der Waals surface area contributed by atoms with Gasteiger partial charge in [-0.15, -0.1) is 11.3 Å². The Morgan fingerprint density at radius 2 is 2.14 bits per heavy atom. The summed E-state index contributed by atoms with van der Waals surface area (Å²) < 4.78 is 1.30. The topological polar surface area (TPSA) is 3.24 Å². The molecule has 0 radical (unpaired) electrons. The minimum atomic E-state index is 0.767. The molecule has 22 heavy (non-hydrogen) atoms. The van der Waals surface area contributed by atoms with E-state index in [2.05, 4.69) is 42.6 Å². The van der Waals surface area contributed by atoms with Gasteiger partial charge in [-0.1, -0.05) is 23.2 Å². The van der Waals surface area contributed by atoms with Gasteiger partial charge in [-0.2, -0.15) is 0 Å². The Morgan fingerprint density at radius 3 is 2.95 bits per heavy atom. The molecule has 1 fully saturated rings. The fourth-order valence-corrected chi connectivity index (χ4v) is 5.55. The molecule has 2 atom stereocenters. The van der Waals surface area contributed by atoms with E-state index >= 15 is 0 Å². The van der Waals surface area contributed by atoms with Crippen LogP contribution in [0.25, 0.3) is 15.7 Å². The van der Waals surface area contributed by atoms with Crippen LogP contribution in [0.1, 0.15) is 31.2 Å². The molecule has 4 rings (SSSR count). The van der Waals surface area contributed by atoms with Gasteiger partial charge in [-0.05, 0) is 74.9 Å². The van der Waals surface area contributed by atoms with E-state index in [4.69, 9.17) is 11.6 Å². The maximum Gasteiger partial charge on any atom is 0.0591 e. The molecule has 3 heteroatoms. The van der Waals surface area contributed by atoms with E-state index in [9.17, 15) is 0 Å². The van der Waals surface area contributed by atoms with Gasteiger partial charge < -0.3 is 4.90 Å². The molecule has 1 aromatic carbocycles. The Labute approximate surface area is 141 Å². The van der Waals surface area contributed by atoms with Crippen LogP contribution in [0.3, 0.4) is 0 Å². The number of thiophene rings is 1. The lowest BCUT2D eigenvalue weighted by Gasteiger charge is -2.29. The molecule has 2 aromatic rings. The van der Waals surface area contributed by atoms with Gasteiger partial charge >= 0.3 is 0 Å². The van der Waals surface area contributed by atoms with Crippen molar-refractivity contribution in [1.29, 1.82) is 0 Å². The fraction of sp³-hybridized carbons (Fsp3) is 0.474. The number of hydrogen-bond donors (Lipinski definition) is 0. The highest BCUT2D eigenvalue weighted by atomic mass is 35.5. The van der Waals surface area contributed by atoms with Crippen molar-refractivity contribution in [3.8, 4) is 0 Å². The third-order valence-electron chi connectivity index (χ3n) is 5.21. The molecule has 0 spiro atoms. The molecule has 116 valence electrons. The summed E-state index contributed by atoms with van der Waals surface area (Å²) in [6, 6.07) is 6.90. The molecule has 0 N–H and O–H groups in total. The molecule has 0 aliphatic heterocycles. The summed E-state index contributed by atoms with van der Waals surface area (Å²) in [6.45, 7) is 1.09. The zero-order valence-electron chi connectivity index (χ0n) is 13.2. The molecule has 1 aromatic heterocycles. The van der Waals surface area contributed by atoms with E-state index in [1.165, 1.54) is 41.3 Å². The van der Waals surface area contributed by atoms with Gasteiger partial charge in [-0.3, -0.25) is 0 Å². The third-order valence-corrected chi connectivity index (χ3v) is 6.62. The van der Waals surface area contributed by atoms with Crippen molar-refractivity contribution in [2.24, 2.45) is 11.8 Å². The number of nitrogens with zero attached hydrogens (tertiary/aromatic N) is 1. The number of allylic oxidation sites excluding steroid dienone is 1. The van der Waals surface area contributed by atoms with Crippen molar-refractivity contribution < 1.29 is 0 Å². The summed E-state index contributed by atoms with van der Waals surface area (Å²) in [5.74, 6) is 1.70. The van der Waals surface area contributed by atoms with Crippen LogP contribution in [0.5, 0.6) is 0 Å². The first kappa shape index (κ1) is 14.7. The van der Waals surface area contributed by atoms with Crippen LogP contribution in [0.15, 0.2) is 29.2 Å². The Kier molecular flexibility index (Phi) is 3.80. The first-order valence-corrected chi connectivity index (χ1v) is 9.41. The highest BCUT2D eigenvalue weighted by Crippen LogP contribution is 2.49. The van der Waals surface area contributed by atoms with Gasteiger partial charge in [-0.25, -0.2) is 0 Å². The average molecular weight is 332 g/mol. The predicted octanol–water partition coefficient (Wildman–Crippen LogP) is 5.69. The van der Waals surface area contributed by atoms with Crippen LogP contribution >= 0.6 is 22.9 Å². The summed E-state index contributed by atoms with van der Waals surface area (Å²) >= 11 is 8.11. The lowest BCUT2D eigenvalue weighted by molar-refractivity contribution is 0.413. The number of fused-ring (bicyclic) bond motifs is 3. The summed E-state index contributed by atoms with van der Waals surface area (Å²) in [6.07, 6.45) is 5.46. The van der Waals surface area contributed by atoms with E-state index in [1.807, 2.05) is 0 Å². The minimum Gasteiger partial charge on any atom is -0.305 e. The van der Waals surface area contributed by atoms with Crippen LogP contribution < -0.4 is 0 Å². The molecule has 2 bridgehead atoms. The van der Waals surface area contributed by atoms with Gasteiger partial charge in [0.2, 0.25) is 0 Å². The molecule has 1 heterocycles. The van der Waals surface area contributed by atoms with Crippen molar-refractivity contribution in [3.05, 3.63) is 39.7 Å². The smallest absolute Gasteiger partial charge is 0.0591 e. The summed E-state index contributed by atoms with van der Waals surface area (Å²) in [5, 5.41) is 4.18. The van der Waals surface area contributed by atoms with E-state index in [0.717, 1.165) is 23.4 Å². The van der Waals surface area contributed by atoms with Crippen LogP contribution in [0, 0.1) is 11.8 Å². The maximum absolute atomic E-state index is 6.37. The molecule has 2 aliphatic carbocycles. The number of hydrogen-bond acceptors (Lipinski definition) is 2. The summed E-state index contributed by atoms with van der Waals surface area (Å²) in [7, 11) is 4.36. The second kappa shape index (κ2) is 5.67. The minimum absolute atomic E-state index is 0.767. The molecule has 1 saturated carbocycles. The molecule has 1 nitrogen and oxygen atoms in total. The molecule has 2 aliphatic rings. The Morgan fingerprint density at radius 1 is 1.27 bits per heavy atom. The zero-order valence-corrected chi connectivity index (χ0v) is 14.8. The van der Waals surface area contributed by atoms with E-state index < -0.39 is 0 Å². The summed E-state index contributed by atoms with van der Waals surface area (Å²) in [4.78, 5) is 2.32. The lowest BCUT2D eigenvalue weighted by Crippen LogP contribution is -2.21. The monoisotopic (exact) mass is 331 g/mol. The van der Waals surface area contributed by atoms with Gasteiger partial charge in [0, 0.05) is 22.0 Å². The third kappa shape index (κ3) is 2.51. The van der Waals surface area contributed by atoms with Crippen molar-refractivity contribution in [2.75, 3.05) is 20.6 Å². The van der Waals surface area contributed by atoms with Crippen LogP contribution in [-0.4, -0.2) is 25.5 Å². The number of likely N-dealkylation sites (N-methyl/N-ethyl adjacent to an activating group) is 1. The second-order valence-corrected chi connectivity index (χ2v) is 8.45. The molecule has 0 saturated heterocycles. The summed E-state index contributed by atoms with van der Waals surface area (Å²) in [5.41, 5.74) is 4.70. The van der Waals surface area contributed by atoms with Crippen molar-refractivity contribution in [3.63, 3.8) is 0 Å². The Hall–Kier alpha value is -0.830. The quantitative estimate of drug-likeness (QED) is 0.698. The van der Waals surface area contributed by atoms with Crippen LogP contribution in [0.4, 0.5) is 0 Å². The van der Waals surface area contributed by atoms with Gasteiger partial charge in [0.25, 0.3) is 0 Å². The van der Waals surface area contributed by atoms with E-state index in [0.29, 0.717) is 0 Å². The van der Waals surface area contributed by atoms with Crippen LogP contribution in [0.2, 0.25) is 5.02 Å². The van der Waals surface area contributed by atoms with Crippen LogP contribution in [-0.2, 0) is 0 Å². The SMILES string of the molecule is CN(C)CC1=C(c2ccc3scc(Cl)c3c2)[C@@H]2CC[C@@H](C1)C2. The molecule has 0 amide bonds.